The Hall–Kier alpha value is -1.92. The second kappa shape index (κ2) is 7.91. The second-order valence-electron chi connectivity index (χ2n) is 5.76. The molecule has 0 spiro atoms. The number of hydrogen-bond donors (Lipinski definition) is 3. The molecule has 0 radical (unpaired) electrons. The fourth-order valence-electron chi connectivity index (χ4n) is 2.49. The van der Waals surface area contributed by atoms with Crippen molar-refractivity contribution in [3.05, 3.63) is 30.3 Å². The van der Waals surface area contributed by atoms with Crippen LogP contribution >= 0.6 is 0 Å². The van der Waals surface area contributed by atoms with Crippen molar-refractivity contribution in [3.8, 4) is 0 Å². The van der Waals surface area contributed by atoms with Gasteiger partial charge in [0.2, 0.25) is 11.8 Å². The summed E-state index contributed by atoms with van der Waals surface area (Å²) in [5, 5.41) is 5.82. The van der Waals surface area contributed by atoms with Gasteiger partial charge < -0.3 is 16.4 Å². The molecule has 0 saturated carbocycles. The number of anilines is 1. The summed E-state index contributed by atoms with van der Waals surface area (Å²) in [5.74, 6) is -0.121. The van der Waals surface area contributed by atoms with Gasteiger partial charge in [-0.05, 0) is 31.9 Å². The third-order valence-electron chi connectivity index (χ3n) is 3.77. The molecule has 1 saturated heterocycles. The molecule has 6 heteroatoms. The fourth-order valence-corrected chi connectivity index (χ4v) is 2.49. The molecule has 0 aromatic heterocycles. The number of nitrogens with one attached hydrogen (secondary N) is 2. The van der Waals surface area contributed by atoms with E-state index in [2.05, 4.69) is 15.5 Å². The van der Waals surface area contributed by atoms with E-state index in [0.29, 0.717) is 6.54 Å². The first-order valence-electron chi connectivity index (χ1n) is 7.68. The van der Waals surface area contributed by atoms with Gasteiger partial charge in [0.05, 0.1) is 12.6 Å². The molecule has 4 N–H and O–H groups in total. The zero-order chi connectivity index (χ0) is 15.9. The van der Waals surface area contributed by atoms with E-state index in [9.17, 15) is 9.59 Å². The van der Waals surface area contributed by atoms with Gasteiger partial charge in [-0.1, -0.05) is 18.2 Å². The molecule has 1 aromatic rings. The molecular weight excluding hydrogens is 280 g/mol. The Morgan fingerprint density at radius 3 is 2.50 bits per heavy atom. The summed E-state index contributed by atoms with van der Waals surface area (Å²) in [4.78, 5) is 25.7. The van der Waals surface area contributed by atoms with Crippen LogP contribution in [0.1, 0.15) is 19.8 Å². The molecule has 0 unspecified atom stereocenters. The SMILES string of the molecule is C[C@@H](N)C(=O)NC1CCN(CC(=O)Nc2ccccc2)CC1. The Kier molecular flexibility index (Phi) is 5.91. The van der Waals surface area contributed by atoms with Crippen molar-refractivity contribution in [2.75, 3.05) is 25.0 Å². The van der Waals surface area contributed by atoms with Gasteiger partial charge in [-0.25, -0.2) is 0 Å². The number of nitrogens with two attached hydrogens (primary N) is 1. The molecule has 0 aliphatic carbocycles. The zero-order valence-electron chi connectivity index (χ0n) is 12.9. The highest BCUT2D eigenvalue weighted by molar-refractivity contribution is 5.92. The van der Waals surface area contributed by atoms with Crippen molar-refractivity contribution in [1.29, 1.82) is 0 Å². The topological polar surface area (TPSA) is 87.5 Å². The number of para-hydroxylation sites is 1. The molecule has 120 valence electrons. The zero-order valence-corrected chi connectivity index (χ0v) is 12.9. The van der Waals surface area contributed by atoms with Crippen LogP contribution < -0.4 is 16.4 Å². The smallest absolute Gasteiger partial charge is 0.238 e. The van der Waals surface area contributed by atoms with Gasteiger partial charge in [-0.2, -0.15) is 0 Å². The minimum Gasteiger partial charge on any atom is -0.352 e. The van der Waals surface area contributed by atoms with Gasteiger partial charge in [0.25, 0.3) is 0 Å². The second-order valence-corrected chi connectivity index (χ2v) is 5.76. The summed E-state index contributed by atoms with van der Waals surface area (Å²) in [5.41, 5.74) is 6.36. The molecule has 1 aromatic carbocycles. The van der Waals surface area contributed by atoms with Crippen LogP contribution in [-0.2, 0) is 9.59 Å². The van der Waals surface area contributed by atoms with E-state index in [0.717, 1.165) is 31.6 Å². The van der Waals surface area contributed by atoms with Crippen molar-refractivity contribution < 1.29 is 9.59 Å². The van der Waals surface area contributed by atoms with Crippen LogP contribution in [0.5, 0.6) is 0 Å². The monoisotopic (exact) mass is 304 g/mol. The molecule has 2 amide bonds. The predicted octanol–water partition coefficient (Wildman–Crippen LogP) is 0.553. The Morgan fingerprint density at radius 2 is 1.91 bits per heavy atom. The van der Waals surface area contributed by atoms with Gasteiger partial charge in [0, 0.05) is 24.8 Å². The summed E-state index contributed by atoms with van der Waals surface area (Å²) >= 11 is 0. The summed E-state index contributed by atoms with van der Waals surface area (Å²) in [6, 6.07) is 9.12. The number of carbonyl (C=O) groups excluding carboxylic acids is 2. The molecule has 22 heavy (non-hydrogen) atoms. The largest absolute Gasteiger partial charge is 0.352 e. The van der Waals surface area contributed by atoms with Crippen molar-refractivity contribution in [2.24, 2.45) is 5.73 Å². The Morgan fingerprint density at radius 1 is 1.27 bits per heavy atom. The van der Waals surface area contributed by atoms with Gasteiger partial charge in [-0.3, -0.25) is 14.5 Å². The van der Waals surface area contributed by atoms with E-state index in [1.165, 1.54) is 0 Å². The van der Waals surface area contributed by atoms with Crippen molar-refractivity contribution in [1.82, 2.24) is 10.2 Å². The lowest BCUT2D eigenvalue weighted by molar-refractivity contribution is -0.123. The third kappa shape index (κ3) is 5.13. The van der Waals surface area contributed by atoms with E-state index >= 15 is 0 Å². The van der Waals surface area contributed by atoms with Crippen LogP contribution in [0.3, 0.4) is 0 Å². The van der Waals surface area contributed by atoms with Crippen LogP contribution in [-0.4, -0.2) is 48.4 Å². The quantitative estimate of drug-likeness (QED) is 0.741. The van der Waals surface area contributed by atoms with Crippen LogP contribution in [0.2, 0.25) is 0 Å². The van der Waals surface area contributed by atoms with Crippen molar-refractivity contribution in [3.63, 3.8) is 0 Å². The van der Waals surface area contributed by atoms with Gasteiger partial charge in [-0.15, -0.1) is 0 Å². The van der Waals surface area contributed by atoms with Crippen LogP contribution in [0, 0.1) is 0 Å². The maximum atomic E-state index is 12.0. The number of benzene rings is 1. The molecule has 6 nitrogen and oxygen atoms in total. The maximum absolute atomic E-state index is 12.0. The lowest BCUT2D eigenvalue weighted by Gasteiger charge is -2.32. The Labute approximate surface area is 131 Å². The minimum atomic E-state index is -0.477. The van der Waals surface area contributed by atoms with E-state index in [1.807, 2.05) is 30.3 Å². The molecular formula is C16H24N4O2. The first-order chi connectivity index (χ1) is 10.5. The first-order valence-corrected chi connectivity index (χ1v) is 7.68. The number of rotatable bonds is 5. The highest BCUT2D eigenvalue weighted by Gasteiger charge is 2.22. The average Bonchev–Trinajstić information content (AvgIpc) is 2.50. The van der Waals surface area contributed by atoms with E-state index in [1.54, 1.807) is 6.92 Å². The summed E-state index contributed by atoms with van der Waals surface area (Å²) < 4.78 is 0. The number of likely N-dealkylation sites (tertiary alicyclic amines) is 1. The van der Waals surface area contributed by atoms with Crippen LogP contribution in [0.15, 0.2) is 30.3 Å². The molecule has 1 heterocycles. The standard InChI is InChI=1S/C16H24N4O2/c1-12(17)16(22)19-14-7-9-20(10-8-14)11-15(21)18-13-5-3-2-4-6-13/h2-6,12,14H,7-11,17H2,1H3,(H,18,21)(H,19,22)/t12-/m1/s1. The summed E-state index contributed by atoms with van der Waals surface area (Å²) in [6.45, 7) is 3.65. The molecule has 2 rings (SSSR count). The Balaban J connectivity index is 1.71. The van der Waals surface area contributed by atoms with Gasteiger partial charge >= 0.3 is 0 Å². The number of amides is 2. The van der Waals surface area contributed by atoms with Crippen molar-refractivity contribution in [2.45, 2.75) is 31.8 Å². The normalized spacial score (nSPS) is 17.7. The van der Waals surface area contributed by atoms with Gasteiger partial charge in [0.1, 0.15) is 0 Å². The maximum Gasteiger partial charge on any atom is 0.238 e. The lowest BCUT2D eigenvalue weighted by atomic mass is 10.0. The highest BCUT2D eigenvalue weighted by Crippen LogP contribution is 2.11. The number of carbonyl (C=O) groups is 2. The van der Waals surface area contributed by atoms with Crippen LogP contribution in [0.4, 0.5) is 5.69 Å². The molecule has 1 aliphatic rings. The highest BCUT2D eigenvalue weighted by atomic mass is 16.2. The molecule has 1 atom stereocenters. The average molecular weight is 304 g/mol. The summed E-state index contributed by atoms with van der Waals surface area (Å²) in [7, 11) is 0. The van der Waals surface area contributed by atoms with E-state index in [4.69, 9.17) is 5.73 Å². The minimum absolute atomic E-state index is 0.00994. The van der Waals surface area contributed by atoms with E-state index < -0.39 is 6.04 Å². The summed E-state index contributed by atoms with van der Waals surface area (Å²) in [6.07, 6.45) is 1.69. The van der Waals surface area contributed by atoms with Crippen LogP contribution in [0.25, 0.3) is 0 Å². The van der Waals surface area contributed by atoms with E-state index in [-0.39, 0.29) is 17.9 Å². The lowest BCUT2D eigenvalue weighted by Crippen LogP contribution is -2.49. The first kappa shape index (κ1) is 16.5. The number of nitrogens with zero attached hydrogens (tertiary/aromatic N) is 1. The van der Waals surface area contributed by atoms with Gasteiger partial charge in [0.15, 0.2) is 0 Å². The molecule has 1 aliphatic heterocycles. The number of hydrogen-bond acceptors (Lipinski definition) is 4. The molecule has 1 fully saturated rings. The number of piperidine rings is 1. The third-order valence-corrected chi connectivity index (χ3v) is 3.77. The fraction of sp³-hybridized carbons (Fsp3) is 0.500. The molecule has 0 bridgehead atoms. The van der Waals surface area contributed by atoms with Crippen molar-refractivity contribution >= 4 is 17.5 Å². The Bertz CT molecular complexity index is 496. The predicted molar refractivity (Wildman–Crippen MR) is 86.3 cm³/mol.